The van der Waals surface area contributed by atoms with Gasteiger partial charge in [0.1, 0.15) is 0 Å². The van der Waals surface area contributed by atoms with Gasteiger partial charge in [-0.25, -0.2) is 0 Å². The average Bonchev–Trinajstić information content (AvgIpc) is 1.85. The third kappa shape index (κ3) is 6.05. The van der Waals surface area contributed by atoms with E-state index in [2.05, 4.69) is 22.7 Å². The van der Waals surface area contributed by atoms with Crippen molar-refractivity contribution in [2.45, 2.75) is 38.3 Å². The fourth-order valence-electron chi connectivity index (χ4n) is 0.798. The highest BCUT2D eigenvalue weighted by atomic mass is 31.0. The van der Waals surface area contributed by atoms with E-state index in [4.69, 9.17) is 0 Å². The van der Waals surface area contributed by atoms with Gasteiger partial charge >= 0.3 is 0 Å². The highest BCUT2D eigenvalue weighted by Crippen LogP contribution is 2.13. The van der Waals surface area contributed by atoms with Crippen LogP contribution >= 0.6 is 9.24 Å². The van der Waals surface area contributed by atoms with Gasteiger partial charge < -0.3 is 0 Å². The first kappa shape index (κ1) is 9.17. The van der Waals surface area contributed by atoms with Gasteiger partial charge in [-0.1, -0.05) is 25.8 Å². The van der Waals surface area contributed by atoms with Crippen LogP contribution in [0.5, 0.6) is 0 Å². The second-order valence-electron chi connectivity index (χ2n) is 2.43. The van der Waals surface area contributed by atoms with Gasteiger partial charge in [0.05, 0.1) is 0 Å². The third-order valence-electron chi connectivity index (χ3n) is 1.40. The highest BCUT2D eigenvalue weighted by molar-refractivity contribution is 7.17. The molecule has 0 nitrogen and oxygen atoms in total. The lowest BCUT2D eigenvalue weighted by atomic mass is 10.1. The first-order valence-corrected chi connectivity index (χ1v) is 4.34. The number of allylic oxidation sites excluding steroid dienone is 1. The van der Waals surface area contributed by atoms with Crippen LogP contribution < -0.4 is 0 Å². The molecule has 0 spiro atoms. The molecule has 54 valence electrons. The van der Waals surface area contributed by atoms with Gasteiger partial charge in [0, 0.05) is 0 Å². The molecular formula is C8H17P. The summed E-state index contributed by atoms with van der Waals surface area (Å²) in [5, 5.41) is 0. The van der Waals surface area contributed by atoms with Crippen LogP contribution in [0, 0.1) is 0 Å². The number of hydrogen-bond donors (Lipinski definition) is 0. The highest BCUT2D eigenvalue weighted by Gasteiger charge is 1.96. The van der Waals surface area contributed by atoms with Crippen molar-refractivity contribution in [3.05, 3.63) is 12.7 Å². The molecule has 0 N–H and O–H groups in total. The lowest BCUT2D eigenvalue weighted by Gasteiger charge is -2.05. The number of hydrogen-bond acceptors (Lipinski definition) is 0. The molecule has 0 rings (SSSR count). The molecule has 0 heterocycles. The Morgan fingerprint density at radius 1 is 1.67 bits per heavy atom. The van der Waals surface area contributed by atoms with Gasteiger partial charge in [0.25, 0.3) is 0 Å². The zero-order chi connectivity index (χ0) is 7.11. The Bertz CT molecular complexity index is 69.0. The maximum Gasteiger partial charge on any atom is -0.0230 e. The van der Waals surface area contributed by atoms with Crippen LogP contribution in [-0.4, -0.2) is 5.66 Å². The van der Waals surface area contributed by atoms with Crippen LogP contribution in [0.3, 0.4) is 0 Å². The molecule has 2 unspecified atom stereocenters. The van der Waals surface area contributed by atoms with E-state index in [-0.39, 0.29) is 0 Å². The van der Waals surface area contributed by atoms with Gasteiger partial charge in [-0.2, -0.15) is 0 Å². The molecule has 0 aromatic rings. The lowest BCUT2D eigenvalue weighted by molar-refractivity contribution is 0.688. The van der Waals surface area contributed by atoms with E-state index in [1.54, 1.807) is 0 Å². The van der Waals surface area contributed by atoms with E-state index in [0.29, 0.717) is 0 Å². The van der Waals surface area contributed by atoms with Gasteiger partial charge in [-0.3, -0.25) is 0 Å². The molecule has 0 aliphatic heterocycles. The Labute approximate surface area is 60.9 Å². The summed E-state index contributed by atoms with van der Waals surface area (Å²) >= 11 is 0. The maximum absolute atomic E-state index is 3.70. The van der Waals surface area contributed by atoms with Crippen molar-refractivity contribution in [2.24, 2.45) is 0 Å². The zero-order valence-electron chi connectivity index (χ0n) is 6.27. The van der Waals surface area contributed by atoms with Crippen LogP contribution in [0.15, 0.2) is 12.7 Å². The first-order chi connectivity index (χ1) is 4.31. The molecule has 0 aliphatic rings. The van der Waals surface area contributed by atoms with Crippen LogP contribution in [-0.2, 0) is 0 Å². The van der Waals surface area contributed by atoms with Crippen molar-refractivity contribution in [1.82, 2.24) is 0 Å². The minimum atomic E-state index is 0.766. The SMILES string of the molecule is C=CCC(P)CCCC. The Morgan fingerprint density at radius 3 is 2.78 bits per heavy atom. The fraction of sp³-hybridized carbons (Fsp3) is 0.750. The molecular weight excluding hydrogens is 127 g/mol. The van der Waals surface area contributed by atoms with Crippen molar-refractivity contribution < 1.29 is 0 Å². The van der Waals surface area contributed by atoms with Gasteiger partial charge in [0.15, 0.2) is 0 Å². The van der Waals surface area contributed by atoms with Crippen molar-refractivity contribution in [2.75, 3.05) is 0 Å². The summed E-state index contributed by atoms with van der Waals surface area (Å²) in [6.45, 7) is 5.92. The van der Waals surface area contributed by atoms with Crippen molar-refractivity contribution in [3.8, 4) is 0 Å². The Kier molecular flexibility index (Phi) is 6.41. The van der Waals surface area contributed by atoms with E-state index < -0.39 is 0 Å². The summed E-state index contributed by atoms with van der Waals surface area (Å²) < 4.78 is 0. The smallest absolute Gasteiger partial charge is 0.0230 e. The molecule has 1 heteroatoms. The van der Waals surface area contributed by atoms with E-state index in [1.165, 1.54) is 19.3 Å². The molecule has 0 aromatic carbocycles. The number of unbranched alkanes of at least 4 members (excludes halogenated alkanes) is 1. The summed E-state index contributed by atoms with van der Waals surface area (Å²) in [4.78, 5) is 0. The summed E-state index contributed by atoms with van der Waals surface area (Å²) in [6.07, 6.45) is 7.12. The monoisotopic (exact) mass is 144 g/mol. The summed E-state index contributed by atoms with van der Waals surface area (Å²) in [7, 11) is 2.86. The van der Waals surface area contributed by atoms with E-state index in [9.17, 15) is 0 Å². The Balaban J connectivity index is 3.04. The Morgan fingerprint density at radius 2 is 2.33 bits per heavy atom. The molecule has 0 fully saturated rings. The standard InChI is InChI=1S/C8H17P/c1-3-5-7-8(9)6-4-2/h4,8H,2-3,5-7,9H2,1H3. The average molecular weight is 144 g/mol. The van der Waals surface area contributed by atoms with Crippen molar-refractivity contribution in [1.29, 1.82) is 0 Å². The van der Waals surface area contributed by atoms with Gasteiger partial charge in [-0.15, -0.1) is 15.8 Å². The van der Waals surface area contributed by atoms with Crippen LogP contribution in [0.1, 0.15) is 32.6 Å². The largest absolute Gasteiger partial charge is 0.134 e. The molecule has 9 heavy (non-hydrogen) atoms. The zero-order valence-corrected chi connectivity index (χ0v) is 7.42. The topological polar surface area (TPSA) is 0 Å². The van der Waals surface area contributed by atoms with Crippen LogP contribution in [0.25, 0.3) is 0 Å². The van der Waals surface area contributed by atoms with E-state index >= 15 is 0 Å². The maximum atomic E-state index is 3.70. The van der Waals surface area contributed by atoms with Gasteiger partial charge in [-0.05, 0) is 18.5 Å². The predicted octanol–water partition coefficient (Wildman–Crippen LogP) is 3.00. The molecule has 0 bridgehead atoms. The van der Waals surface area contributed by atoms with Crippen molar-refractivity contribution >= 4 is 9.24 Å². The van der Waals surface area contributed by atoms with Gasteiger partial charge in [0.2, 0.25) is 0 Å². The Hall–Kier alpha value is 0.170. The third-order valence-corrected chi connectivity index (χ3v) is 2.00. The second kappa shape index (κ2) is 6.29. The first-order valence-electron chi connectivity index (χ1n) is 3.67. The molecule has 0 aromatic heterocycles. The molecule has 0 saturated carbocycles. The molecule has 0 radical (unpaired) electrons. The normalized spacial score (nSPS) is 13.1. The lowest BCUT2D eigenvalue weighted by Crippen LogP contribution is -1.93. The minimum absolute atomic E-state index is 0.766. The second-order valence-corrected chi connectivity index (χ2v) is 3.37. The minimum Gasteiger partial charge on any atom is -0.134 e. The molecule has 0 amide bonds. The predicted molar refractivity (Wildman–Crippen MR) is 47.8 cm³/mol. The van der Waals surface area contributed by atoms with Crippen LogP contribution in [0.2, 0.25) is 0 Å². The summed E-state index contributed by atoms with van der Waals surface area (Å²) in [6, 6.07) is 0. The molecule has 2 atom stereocenters. The van der Waals surface area contributed by atoms with E-state index in [1.807, 2.05) is 6.08 Å². The van der Waals surface area contributed by atoms with Crippen molar-refractivity contribution in [3.63, 3.8) is 0 Å². The quantitative estimate of drug-likeness (QED) is 0.411. The summed E-state index contributed by atoms with van der Waals surface area (Å²) in [5.74, 6) is 0. The number of rotatable bonds is 5. The molecule has 0 saturated heterocycles. The summed E-state index contributed by atoms with van der Waals surface area (Å²) in [5.41, 5.74) is 0.766. The van der Waals surface area contributed by atoms with E-state index in [0.717, 1.165) is 12.1 Å². The van der Waals surface area contributed by atoms with Crippen LogP contribution in [0.4, 0.5) is 0 Å². The molecule has 0 aliphatic carbocycles. The fourth-order valence-corrected chi connectivity index (χ4v) is 1.23.